The molecule has 0 rings (SSSR count). The average molecular weight is 1130 g/mol. The predicted octanol–water partition coefficient (Wildman–Crippen LogP) is 24.0. The highest BCUT2D eigenvalue weighted by atomic mass is 16.6. The monoisotopic (exact) mass is 1130 g/mol. The molecule has 0 aromatic rings. The lowest BCUT2D eigenvalue weighted by atomic mass is 10.0. The van der Waals surface area contributed by atoms with E-state index in [1.165, 1.54) is 186 Å². The van der Waals surface area contributed by atoms with Crippen molar-refractivity contribution < 1.29 is 28.6 Å². The first-order chi connectivity index (χ1) is 40.0. The second-order valence-corrected chi connectivity index (χ2v) is 23.1. The lowest BCUT2D eigenvalue weighted by molar-refractivity contribution is -0.167. The fourth-order valence-corrected chi connectivity index (χ4v) is 9.93. The van der Waals surface area contributed by atoms with Gasteiger partial charge in [0.25, 0.3) is 0 Å². The number of hydrogen-bond donors (Lipinski definition) is 0. The van der Waals surface area contributed by atoms with Crippen LogP contribution < -0.4 is 0 Å². The molecule has 6 nitrogen and oxygen atoms in total. The van der Waals surface area contributed by atoms with Gasteiger partial charge < -0.3 is 14.2 Å². The van der Waals surface area contributed by atoms with E-state index in [9.17, 15) is 14.4 Å². The van der Waals surface area contributed by atoms with Gasteiger partial charge in [-0.15, -0.1) is 0 Å². The standard InChI is InChI=1S/C75H130O6/c1-4-7-10-13-16-19-21-23-25-27-29-31-33-34-35-36-37-38-39-40-41-42-43-45-46-48-50-52-54-56-59-62-65-68-74(77)80-71-72(70-79-73(76)67-64-61-58-18-15-12-9-6-3)81-75(78)69-66-63-60-57-55-53-51-49-47-44-32-30-28-26-24-22-20-17-14-11-8-5-2/h7,10,16,19,23,25,29,31,34-35,37-38,40-41,43,45,72H,4-6,8-9,11-15,17-18,20-22,24,26-28,30,32-33,36,39,42,44,46-71H2,1-3H3/b10-7-,19-16-,25-23-,31-29-,35-34-,38-37-,41-40-,45-43-. The third-order valence-electron chi connectivity index (χ3n) is 15.1. The number of carbonyl (C=O) groups excluding carboxylic acids is 3. The van der Waals surface area contributed by atoms with E-state index in [4.69, 9.17) is 14.2 Å². The van der Waals surface area contributed by atoms with Gasteiger partial charge in [0.05, 0.1) is 0 Å². The minimum atomic E-state index is -0.777. The summed E-state index contributed by atoms with van der Waals surface area (Å²) in [7, 11) is 0. The summed E-state index contributed by atoms with van der Waals surface area (Å²) in [4.78, 5) is 38.2. The summed E-state index contributed by atoms with van der Waals surface area (Å²) in [6.45, 7) is 6.53. The summed E-state index contributed by atoms with van der Waals surface area (Å²) in [6.07, 6.45) is 93.1. The molecule has 0 saturated carbocycles. The van der Waals surface area contributed by atoms with Gasteiger partial charge >= 0.3 is 17.9 Å². The van der Waals surface area contributed by atoms with Crippen molar-refractivity contribution in [2.45, 2.75) is 348 Å². The summed E-state index contributed by atoms with van der Waals surface area (Å²) in [5, 5.41) is 0. The van der Waals surface area contributed by atoms with Crippen molar-refractivity contribution in [2.24, 2.45) is 0 Å². The molecule has 0 amide bonds. The molecule has 6 heteroatoms. The first-order valence-corrected chi connectivity index (χ1v) is 34.7. The Balaban J connectivity index is 4.14. The second kappa shape index (κ2) is 68.8. The van der Waals surface area contributed by atoms with E-state index >= 15 is 0 Å². The van der Waals surface area contributed by atoms with Gasteiger partial charge in [0.1, 0.15) is 13.2 Å². The van der Waals surface area contributed by atoms with Crippen molar-refractivity contribution in [2.75, 3.05) is 13.2 Å². The Labute approximate surface area is 502 Å². The van der Waals surface area contributed by atoms with Crippen molar-refractivity contribution in [3.63, 3.8) is 0 Å². The lowest BCUT2D eigenvalue weighted by Gasteiger charge is -2.18. The Morgan fingerprint density at radius 2 is 0.481 bits per heavy atom. The molecule has 0 bridgehead atoms. The molecule has 0 aliphatic carbocycles. The molecule has 0 heterocycles. The van der Waals surface area contributed by atoms with Crippen molar-refractivity contribution >= 4 is 17.9 Å². The van der Waals surface area contributed by atoms with Crippen molar-refractivity contribution in [1.82, 2.24) is 0 Å². The van der Waals surface area contributed by atoms with E-state index < -0.39 is 6.10 Å². The highest BCUT2D eigenvalue weighted by Gasteiger charge is 2.19. The summed E-state index contributed by atoms with van der Waals surface area (Å²) in [5.74, 6) is -0.872. The number of hydrogen-bond acceptors (Lipinski definition) is 6. The molecule has 0 spiro atoms. The van der Waals surface area contributed by atoms with Crippen molar-refractivity contribution in [3.8, 4) is 0 Å². The molecular formula is C75H130O6. The fourth-order valence-electron chi connectivity index (χ4n) is 9.93. The van der Waals surface area contributed by atoms with Crippen LogP contribution in [-0.2, 0) is 28.6 Å². The van der Waals surface area contributed by atoms with Crippen molar-refractivity contribution in [3.05, 3.63) is 97.2 Å². The first-order valence-electron chi connectivity index (χ1n) is 34.7. The summed E-state index contributed by atoms with van der Waals surface area (Å²) in [5.41, 5.74) is 0. The minimum Gasteiger partial charge on any atom is -0.462 e. The molecule has 0 aliphatic heterocycles. The van der Waals surface area contributed by atoms with Crippen LogP contribution in [0.3, 0.4) is 0 Å². The summed E-state index contributed by atoms with van der Waals surface area (Å²) >= 11 is 0. The predicted molar refractivity (Wildman–Crippen MR) is 353 cm³/mol. The average Bonchev–Trinajstić information content (AvgIpc) is 3.47. The molecule has 0 aliphatic rings. The van der Waals surface area contributed by atoms with Crippen LogP contribution in [0.5, 0.6) is 0 Å². The van der Waals surface area contributed by atoms with Gasteiger partial charge in [0, 0.05) is 19.3 Å². The highest BCUT2D eigenvalue weighted by molar-refractivity contribution is 5.71. The highest BCUT2D eigenvalue weighted by Crippen LogP contribution is 2.17. The van der Waals surface area contributed by atoms with E-state index in [1.807, 2.05) is 0 Å². The molecule has 81 heavy (non-hydrogen) atoms. The number of carbonyl (C=O) groups is 3. The zero-order valence-corrected chi connectivity index (χ0v) is 53.5. The number of esters is 3. The zero-order valence-electron chi connectivity index (χ0n) is 53.5. The zero-order chi connectivity index (χ0) is 58.5. The maximum atomic E-state index is 12.9. The Kier molecular flexibility index (Phi) is 65.7. The van der Waals surface area contributed by atoms with Crippen LogP contribution in [0.15, 0.2) is 97.2 Å². The van der Waals surface area contributed by atoms with Crippen LogP contribution >= 0.6 is 0 Å². The van der Waals surface area contributed by atoms with E-state index in [0.717, 1.165) is 116 Å². The lowest BCUT2D eigenvalue weighted by Crippen LogP contribution is -2.30. The molecule has 1 unspecified atom stereocenters. The van der Waals surface area contributed by atoms with E-state index in [0.29, 0.717) is 19.3 Å². The summed E-state index contributed by atoms with van der Waals surface area (Å²) in [6, 6.07) is 0. The van der Waals surface area contributed by atoms with E-state index in [2.05, 4.69) is 118 Å². The Morgan fingerprint density at radius 1 is 0.259 bits per heavy atom. The van der Waals surface area contributed by atoms with Crippen LogP contribution in [-0.4, -0.2) is 37.2 Å². The fraction of sp³-hybridized carbons (Fsp3) is 0.747. The number of allylic oxidation sites excluding steroid dienone is 16. The van der Waals surface area contributed by atoms with Crippen molar-refractivity contribution in [1.29, 1.82) is 0 Å². The molecule has 0 radical (unpaired) electrons. The SMILES string of the molecule is CC/C=C\C/C=C\C/C=C\C/C=C\C/C=C\C/C=C\C/C=C\C/C=C\CCCCCCCCCCC(=O)OCC(COC(=O)CCCCCCCCCC)OC(=O)CCCCCCCCCCCCCCCCCCCCCCCC. The Morgan fingerprint density at radius 3 is 0.753 bits per heavy atom. The molecule has 1 atom stereocenters. The number of rotatable bonds is 63. The number of ether oxygens (including phenoxy) is 3. The molecule has 0 N–H and O–H groups in total. The van der Waals surface area contributed by atoms with Gasteiger partial charge in [-0.2, -0.15) is 0 Å². The van der Waals surface area contributed by atoms with Gasteiger partial charge in [0.15, 0.2) is 6.10 Å². The van der Waals surface area contributed by atoms with Gasteiger partial charge in [-0.3, -0.25) is 14.4 Å². The smallest absolute Gasteiger partial charge is 0.306 e. The molecular weight excluding hydrogens is 997 g/mol. The maximum absolute atomic E-state index is 12.9. The van der Waals surface area contributed by atoms with Gasteiger partial charge in [-0.1, -0.05) is 336 Å². The second-order valence-electron chi connectivity index (χ2n) is 23.1. The maximum Gasteiger partial charge on any atom is 0.306 e. The van der Waals surface area contributed by atoms with Crippen LogP contribution in [0.1, 0.15) is 342 Å². The largest absolute Gasteiger partial charge is 0.462 e. The topological polar surface area (TPSA) is 78.9 Å². The normalized spacial score (nSPS) is 12.7. The third kappa shape index (κ3) is 67.0. The summed E-state index contributed by atoms with van der Waals surface area (Å²) < 4.78 is 16.9. The molecule has 0 fully saturated rings. The van der Waals surface area contributed by atoms with E-state index in [-0.39, 0.29) is 31.1 Å². The van der Waals surface area contributed by atoms with Gasteiger partial charge in [-0.05, 0) is 83.5 Å². The van der Waals surface area contributed by atoms with Crippen LogP contribution in [0, 0.1) is 0 Å². The van der Waals surface area contributed by atoms with Gasteiger partial charge in [-0.25, -0.2) is 0 Å². The first kappa shape index (κ1) is 77.3. The van der Waals surface area contributed by atoms with Crippen LogP contribution in [0.2, 0.25) is 0 Å². The van der Waals surface area contributed by atoms with Crippen LogP contribution in [0.25, 0.3) is 0 Å². The van der Waals surface area contributed by atoms with E-state index in [1.54, 1.807) is 0 Å². The Hall–Kier alpha value is -3.67. The molecule has 0 aromatic heterocycles. The quantitative estimate of drug-likeness (QED) is 0.0261. The molecule has 0 aromatic carbocycles. The Bertz CT molecular complexity index is 1580. The van der Waals surface area contributed by atoms with Crippen LogP contribution in [0.4, 0.5) is 0 Å². The minimum absolute atomic E-state index is 0.0752. The molecule has 466 valence electrons. The third-order valence-corrected chi connectivity index (χ3v) is 15.1. The molecule has 0 saturated heterocycles. The van der Waals surface area contributed by atoms with Gasteiger partial charge in [0.2, 0.25) is 0 Å². The number of unbranched alkanes of at least 4 members (excludes halogenated alkanes) is 36.